The Morgan fingerprint density at radius 2 is 1.86 bits per heavy atom. The van der Waals surface area contributed by atoms with E-state index in [-0.39, 0.29) is 12.1 Å². The van der Waals surface area contributed by atoms with Crippen molar-refractivity contribution in [3.63, 3.8) is 0 Å². The lowest BCUT2D eigenvalue weighted by Crippen LogP contribution is -2.44. The van der Waals surface area contributed by atoms with Crippen molar-refractivity contribution >= 4 is 17.8 Å². The van der Waals surface area contributed by atoms with Gasteiger partial charge in [0.2, 0.25) is 5.91 Å². The van der Waals surface area contributed by atoms with E-state index in [9.17, 15) is 23.2 Å². The highest BCUT2D eigenvalue weighted by Gasteiger charge is 2.50. The van der Waals surface area contributed by atoms with Gasteiger partial charge in [0.05, 0.1) is 0 Å². The maximum absolute atomic E-state index is 14.2. The van der Waals surface area contributed by atoms with Gasteiger partial charge in [-0.2, -0.15) is 0 Å². The maximum atomic E-state index is 14.2. The monoisotopic (exact) mass is 401 g/mol. The molecule has 1 aliphatic rings. The van der Waals surface area contributed by atoms with Crippen LogP contribution in [0.1, 0.15) is 25.0 Å². The molecule has 2 aromatic rings. The quantitative estimate of drug-likeness (QED) is 0.757. The highest BCUT2D eigenvalue weighted by atomic mass is 19.1. The van der Waals surface area contributed by atoms with Crippen LogP contribution in [0.15, 0.2) is 48.5 Å². The molecule has 0 bridgehead atoms. The van der Waals surface area contributed by atoms with Gasteiger partial charge in [-0.15, -0.1) is 0 Å². The van der Waals surface area contributed by atoms with E-state index < -0.39 is 41.6 Å². The summed E-state index contributed by atoms with van der Waals surface area (Å²) >= 11 is 0. The maximum Gasteiger partial charge on any atom is 0.325 e. The summed E-state index contributed by atoms with van der Waals surface area (Å²) < 4.78 is 27.6. The Morgan fingerprint density at radius 1 is 1.14 bits per heavy atom. The van der Waals surface area contributed by atoms with Crippen LogP contribution >= 0.6 is 0 Å². The molecule has 1 unspecified atom stereocenters. The number of nitrogens with one attached hydrogen (secondary N) is 1. The van der Waals surface area contributed by atoms with Crippen molar-refractivity contribution in [1.29, 1.82) is 0 Å². The molecular formula is C21H21F2N3O3. The third kappa shape index (κ3) is 3.96. The Labute approximate surface area is 167 Å². The Balaban J connectivity index is 1.76. The van der Waals surface area contributed by atoms with E-state index in [1.165, 1.54) is 42.2 Å². The number of hydrogen-bond donors (Lipinski definition) is 1. The van der Waals surface area contributed by atoms with Crippen LogP contribution in [0.25, 0.3) is 0 Å². The summed E-state index contributed by atoms with van der Waals surface area (Å²) in [5, 5.41) is 2.48. The van der Waals surface area contributed by atoms with Gasteiger partial charge >= 0.3 is 6.03 Å². The highest BCUT2D eigenvalue weighted by Crippen LogP contribution is 2.30. The standard InChI is InChI=1S/C21H21F2N3O3/c1-3-25(12-14-7-6-8-15(22)11-14)18(27)13-26-19(28)21(2,24-20(26)29)16-9-4-5-10-17(16)23/h4-11H,3,12-13H2,1-2H3,(H,24,29). The molecule has 29 heavy (non-hydrogen) atoms. The van der Waals surface area contributed by atoms with Crippen molar-refractivity contribution in [3.8, 4) is 0 Å². The number of halogens is 2. The fourth-order valence-electron chi connectivity index (χ4n) is 3.36. The van der Waals surface area contributed by atoms with Crippen LogP contribution in [0.4, 0.5) is 13.6 Å². The number of urea groups is 1. The smallest absolute Gasteiger partial charge is 0.325 e. The van der Waals surface area contributed by atoms with E-state index >= 15 is 0 Å². The third-order valence-corrected chi connectivity index (χ3v) is 4.98. The van der Waals surface area contributed by atoms with Crippen LogP contribution in [0, 0.1) is 11.6 Å². The fraction of sp³-hybridized carbons (Fsp3) is 0.286. The number of carbonyl (C=O) groups is 3. The number of likely N-dealkylation sites (N-methyl/N-ethyl adjacent to an activating group) is 1. The number of amides is 4. The molecule has 4 amide bonds. The average Bonchev–Trinajstić information content (AvgIpc) is 2.90. The second-order valence-corrected chi connectivity index (χ2v) is 6.96. The predicted octanol–water partition coefficient (Wildman–Crippen LogP) is 2.78. The minimum Gasteiger partial charge on any atom is -0.337 e. The molecule has 3 rings (SSSR count). The molecule has 1 heterocycles. The molecule has 1 atom stereocenters. The fourth-order valence-corrected chi connectivity index (χ4v) is 3.36. The van der Waals surface area contributed by atoms with Crippen molar-refractivity contribution in [3.05, 3.63) is 71.3 Å². The van der Waals surface area contributed by atoms with Gasteiger partial charge < -0.3 is 10.2 Å². The van der Waals surface area contributed by atoms with Crippen molar-refractivity contribution in [2.24, 2.45) is 0 Å². The second-order valence-electron chi connectivity index (χ2n) is 6.96. The number of rotatable bonds is 6. The van der Waals surface area contributed by atoms with Crippen LogP contribution in [0.3, 0.4) is 0 Å². The van der Waals surface area contributed by atoms with E-state index in [0.717, 1.165) is 4.90 Å². The van der Waals surface area contributed by atoms with Crippen molar-refractivity contribution in [1.82, 2.24) is 15.1 Å². The SMILES string of the molecule is CCN(Cc1cccc(F)c1)C(=O)CN1C(=O)NC(C)(c2ccccc2F)C1=O. The molecule has 1 aliphatic heterocycles. The first-order valence-corrected chi connectivity index (χ1v) is 9.17. The van der Waals surface area contributed by atoms with Crippen molar-refractivity contribution < 1.29 is 23.2 Å². The van der Waals surface area contributed by atoms with E-state index in [1.54, 1.807) is 25.1 Å². The zero-order chi connectivity index (χ0) is 21.2. The van der Waals surface area contributed by atoms with Crippen LogP contribution in [0.5, 0.6) is 0 Å². The molecule has 2 aromatic carbocycles. The molecular weight excluding hydrogens is 380 g/mol. The Kier molecular flexibility index (Phi) is 5.63. The van der Waals surface area contributed by atoms with E-state index in [4.69, 9.17) is 0 Å². The summed E-state index contributed by atoms with van der Waals surface area (Å²) in [6, 6.07) is 10.7. The summed E-state index contributed by atoms with van der Waals surface area (Å²) in [5.74, 6) is -2.22. The summed E-state index contributed by atoms with van der Waals surface area (Å²) in [6.07, 6.45) is 0. The van der Waals surface area contributed by atoms with Gasteiger partial charge in [0.15, 0.2) is 0 Å². The molecule has 0 aromatic heterocycles. The van der Waals surface area contributed by atoms with Crippen LogP contribution in [0.2, 0.25) is 0 Å². The summed E-state index contributed by atoms with van der Waals surface area (Å²) in [4.78, 5) is 40.2. The third-order valence-electron chi connectivity index (χ3n) is 4.98. The molecule has 1 saturated heterocycles. The predicted molar refractivity (Wildman–Crippen MR) is 101 cm³/mol. The molecule has 0 saturated carbocycles. The summed E-state index contributed by atoms with van der Waals surface area (Å²) in [6.45, 7) is 3.11. The summed E-state index contributed by atoms with van der Waals surface area (Å²) in [5.41, 5.74) is -0.975. The number of benzene rings is 2. The normalized spacial score (nSPS) is 18.7. The Hall–Kier alpha value is -3.29. The van der Waals surface area contributed by atoms with Gasteiger partial charge in [0.1, 0.15) is 23.7 Å². The van der Waals surface area contributed by atoms with Gasteiger partial charge in [-0.25, -0.2) is 13.6 Å². The van der Waals surface area contributed by atoms with E-state index in [2.05, 4.69) is 5.32 Å². The van der Waals surface area contributed by atoms with Gasteiger partial charge in [0, 0.05) is 18.7 Å². The number of imide groups is 1. The van der Waals surface area contributed by atoms with Crippen molar-refractivity contribution in [2.75, 3.05) is 13.1 Å². The lowest BCUT2D eigenvalue weighted by Gasteiger charge is -2.25. The molecule has 1 fully saturated rings. The Morgan fingerprint density at radius 3 is 2.52 bits per heavy atom. The second kappa shape index (κ2) is 7.98. The van der Waals surface area contributed by atoms with E-state index in [0.29, 0.717) is 12.1 Å². The van der Waals surface area contributed by atoms with Crippen LogP contribution in [-0.4, -0.2) is 40.7 Å². The number of hydrogen-bond acceptors (Lipinski definition) is 3. The zero-order valence-electron chi connectivity index (χ0n) is 16.1. The minimum absolute atomic E-state index is 0.0282. The van der Waals surface area contributed by atoms with Gasteiger partial charge in [-0.05, 0) is 37.6 Å². The Bertz CT molecular complexity index is 966. The lowest BCUT2D eigenvalue weighted by atomic mass is 9.91. The van der Waals surface area contributed by atoms with Crippen molar-refractivity contribution in [2.45, 2.75) is 25.9 Å². The molecule has 1 N–H and O–H groups in total. The zero-order valence-corrected chi connectivity index (χ0v) is 16.1. The highest BCUT2D eigenvalue weighted by molar-refractivity contribution is 6.09. The molecule has 8 heteroatoms. The molecule has 0 aliphatic carbocycles. The molecule has 0 spiro atoms. The first kappa shape index (κ1) is 20.4. The van der Waals surface area contributed by atoms with Gasteiger partial charge in [-0.3, -0.25) is 14.5 Å². The largest absolute Gasteiger partial charge is 0.337 e. The first-order valence-electron chi connectivity index (χ1n) is 9.17. The number of carbonyl (C=O) groups excluding carboxylic acids is 3. The number of nitrogens with zero attached hydrogens (tertiary/aromatic N) is 2. The topological polar surface area (TPSA) is 69.7 Å². The van der Waals surface area contributed by atoms with Crippen LogP contribution < -0.4 is 5.32 Å². The minimum atomic E-state index is -1.59. The van der Waals surface area contributed by atoms with Crippen LogP contribution in [-0.2, 0) is 21.7 Å². The summed E-state index contributed by atoms with van der Waals surface area (Å²) in [7, 11) is 0. The average molecular weight is 401 g/mol. The molecule has 0 radical (unpaired) electrons. The van der Waals surface area contributed by atoms with E-state index in [1.807, 2.05) is 0 Å². The first-order chi connectivity index (χ1) is 13.8. The van der Waals surface area contributed by atoms with Gasteiger partial charge in [-0.1, -0.05) is 30.3 Å². The van der Waals surface area contributed by atoms with Gasteiger partial charge in [0.25, 0.3) is 5.91 Å². The lowest BCUT2D eigenvalue weighted by molar-refractivity contribution is -0.139. The molecule has 152 valence electrons. The molecule has 6 nitrogen and oxygen atoms in total.